The molecule has 3 nitrogen and oxygen atoms in total. The van der Waals surface area contributed by atoms with E-state index in [0.717, 1.165) is 31.7 Å². The van der Waals surface area contributed by atoms with Crippen LogP contribution in [0, 0.1) is 5.82 Å². The highest BCUT2D eigenvalue weighted by Gasteiger charge is 2.30. The lowest BCUT2D eigenvalue weighted by atomic mass is 10.3. The van der Waals surface area contributed by atoms with E-state index in [0.29, 0.717) is 0 Å². The summed E-state index contributed by atoms with van der Waals surface area (Å²) in [4.78, 5) is 0.0117. The molecule has 0 radical (unpaired) electrons. The number of benzene rings is 1. The molecule has 1 aromatic carbocycles. The molecular formula is C12H15BrFNO2S. The molecule has 0 amide bonds. The minimum atomic E-state index is -3.59. The fraction of sp³-hybridized carbons (Fsp3) is 0.500. The Balaban J connectivity index is 2.32. The second-order valence-electron chi connectivity index (χ2n) is 4.54. The van der Waals surface area contributed by atoms with Crippen molar-refractivity contribution < 1.29 is 12.8 Å². The molecule has 0 spiro atoms. The predicted molar refractivity (Wildman–Crippen MR) is 71.3 cm³/mol. The molecule has 1 saturated carbocycles. The minimum Gasteiger partial charge on any atom is -0.207 e. The number of rotatable bonds is 3. The van der Waals surface area contributed by atoms with Gasteiger partial charge in [-0.05, 0) is 47.0 Å². The molecule has 1 aliphatic rings. The minimum absolute atomic E-state index is 0.0117. The van der Waals surface area contributed by atoms with Crippen LogP contribution in [0.2, 0.25) is 0 Å². The number of hydrogen-bond acceptors (Lipinski definition) is 2. The summed E-state index contributed by atoms with van der Waals surface area (Å²) >= 11 is 3.02. The molecule has 0 heterocycles. The quantitative estimate of drug-likeness (QED) is 0.850. The highest BCUT2D eigenvalue weighted by molar-refractivity contribution is 9.10. The highest BCUT2D eigenvalue weighted by Crippen LogP contribution is 2.28. The second kappa shape index (κ2) is 5.27. The lowest BCUT2D eigenvalue weighted by Crippen LogP contribution is -2.35. The van der Waals surface area contributed by atoms with E-state index in [1.165, 1.54) is 16.4 Å². The molecule has 0 N–H and O–H groups in total. The van der Waals surface area contributed by atoms with Crippen molar-refractivity contribution in [2.45, 2.75) is 36.6 Å². The van der Waals surface area contributed by atoms with E-state index in [9.17, 15) is 12.8 Å². The molecule has 0 unspecified atom stereocenters. The summed E-state index contributed by atoms with van der Waals surface area (Å²) < 4.78 is 39.7. The Morgan fingerprint density at radius 1 is 1.33 bits per heavy atom. The first kappa shape index (κ1) is 14.0. The zero-order valence-corrected chi connectivity index (χ0v) is 12.5. The van der Waals surface area contributed by atoms with Gasteiger partial charge in [0.25, 0.3) is 0 Å². The van der Waals surface area contributed by atoms with Gasteiger partial charge in [-0.25, -0.2) is 12.8 Å². The molecule has 6 heteroatoms. The lowest BCUT2D eigenvalue weighted by Gasteiger charge is -2.23. The van der Waals surface area contributed by atoms with Crippen molar-refractivity contribution in [3.63, 3.8) is 0 Å². The molecule has 18 heavy (non-hydrogen) atoms. The van der Waals surface area contributed by atoms with Crippen molar-refractivity contribution >= 4 is 26.0 Å². The Morgan fingerprint density at radius 2 is 1.94 bits per heavy atom. The first-order valence-corrected chi connectivity index (χ1v) is 8.09. The van der Waals surface area contributed by atoms with Gasteiger partial charge in [-0.15, -0.1) is 0 Å². The molecule has 1 aromatic rings. The van der Waals surface area contributed by atoms with E-state index in [-0.39, 0.29) is 15.4 Å². The highest BCUT2D eigenvalue weighted by atomic mass is 79.9. The van der Waals surface area contributed by atoms with Gasteiger partial charge in [-0.1, -0.05) is 12.8 Å². The second-order valence-corrected chi connectivity index (χ2v) is 7.39. The Labute approximate surface area is 115 Å². The van der Waals surface area contributed by atoms with E-state index in [2.05, 4.69) is 15.9 Å². The van der Waals surface area contributed by atoms with Gasteiger partial charge in [0, 0.05) is 13.1 Å². The maximum Gasteiger partial charge on any atom is 0.243 e. The van der Waals surface area contributed by atoms with E-state index >= 15 is 0 Å². The summed E-state index contributed by atoms with van der Waals surface area (Å²) in [6, 6.07) is 3.95. The monoisotopic (exact) mass is 335 g/mol. The van der Waals surface area contributed by atoms with Crippen LogP contribution >= 0.6 is 15.9 Å². The third-order valence-electron chi connectivity index (χ3n) is 3.41. The molecule has 0 aliphatic heterocycles. The third kappa shape index (κ3) is 2.60. The average molecular weight is 336 g/mol. The van der Waals surface area contributed by atoms with Crippen LogP contribution in [-0.4, -0.2) is 25.8 Å². The van der Waals surface area contributed by atoms with Crippen LogP contribution in [0.5, 0.6) is 0 Å². The van der Waals surface area contributed by atoms with Gasteiger partial charge in [0.2, 0.25) is 10.0 Å². The molecule has 1 fully saturated rings. The van der Waals surface area contributed by atoms with Gasteiger partial charge in [0.15, 0.2) is 0 Å². The van der Waals surface area contributed by atoms with Crippen LogP contribution in [0.15, 0.2) is 27.6 Å². The molecule has 0 atom stereocenters. The van der Waals surface area contributed by atoms with Crippen LogP contribution in [0.25, 0.3) is 0 Å². The molecule has 1 aliphatic carbocycles. The molecule has 0 saturated heterocycles. The third-order valence-corrected chi connectivity index (χ3v) is 5.96. The molecule has 100 valence electrons. The van der Waals surface area contributed by atoms with Gasteiger partial charge < -0.3 is 0 Å². The van der Waals surface area contributed by atoms with Crippen molar-refractivity contribution in [1.82, 2.24) is 4.31 Å². The Morgan fingerprint density at radius 3 is 2.50 bits per heavy atom. The first-order valence-electron chi connectivity index (χ1n) is 5.86. The first-order chi connectivity index (χ1) is 8.43. The fourth-order valence-electron chi connectivity index (χ4n) is 2.27. The van der Waals surface area contributed by atoms with Crippen molar-refractivity contribution in [2.75, 3.05) is 7.05 Å². The number of nitrogens with zero attached hydrogens (tertiary/aromatic N) is 1. The summed E-state index contributed by atoms with van der Waals surface area (Å²) in [5, 5.41) is 0. The average Bonchev–Trinajstić information content (AvgIpc) is 2.85. The number of halogens is 2. The van der Waals surface area contributed by atoms with Gasteiger partial charge in [-0.3, -0.25) is 0 Å². The largest absolute Gasteiger partial charge is 0.243 e. The van der Waals surface area contributed by atoms with Crippen molar-refractivity contribution in [1.29, 1.82) is 0 Å². The Hall–Kier alpha value is -0.460. The summed E-state index contributed by atoms with van der Waals surface area (Å²) in [6.07, 6.45) is 3.88. The topological polar surface area (TPSA) is 37.4 Å². The van der Waals surface area contributed by atoms with Gasteiger partial charge >= 0.3 is 0 Å². The maximum atomic E-state index is 13.4. The molecule has 0 bridgehead atoms. The SMILES string of the molecule is CN(C1CCCC1)S(=O)(=O)c1ccc(Br)c(F)c1. The van der Waals surface area contributed by atoms with Crippen LogP contribution in [0.3, 0.4) is 0 Å². The van der Waals surface area contributed by atoms with Gasteiger partial charge in [0.1, 0.15) is 5.82 Å². The maximum absolute atomic E-state index is 13.4. The number of hydrogen-bond donors (Lipinski definition) is 0. The van der Waals surface area contributed by atoms with Crippen molar-refractivity contribution in [3.05, 3.63) is 28.5 Å². The lowest BCUT2D eigenvalue weighted by molar-refractivity contribution is 0.372. The number of sulfonamides is 1. The predicted octanol–water partition coefficient (Wildman–Crippen LogP) is 3.15. The van der Waals surface area contributed by atoms with E-state index in [1.54, 1.807) is 7.05 Å². The zero-order valence-electron chi connectivity index (χ0n) is 10.1. The van der Waals surface area contributed by atoms with E-state index in [4.69, 9.17) is 0 Å². The summed E-state index contributed by atoms with van der Waals surface area (Å²) in [5.74, 6) is -0.559. The molecular weight excluding hydrogens is 321 g/mol. The summed E-state index contributed by atoms with van der Waals surface area (Å²) in [7, 11) is -2.01. The Bertz CT molecular complexity index is 541. The molecule has 0 aromatic heterocycles. The zero-order chi connectivity index (χ0) is 13.3. The summed E-state index contributed by atoms with van der Waals surface area (Å²) in [5.41, 5.74) is 0. The Kier molecular flexibility index (Phi) is 4.08. The van der Waals surface area contributed by atoms with Crippen LogP contribution in [-0.2, 0) is 10.0 Å². The summed E-state index contributed by atoms with van der Waals surface area (Å²) in [6.45, 7) is 0. The van der Waals surface area contributed by atoms with Crippen LogP contribution in [0.4, 0.5) is 4.39 Å². The normalized spacial score (nSPS) is 17.6. The van der Waals surface area contributed by atoms with E-state index in [1.807, 2.05) is 0 Å². The molecule has 2 rings (SSSR count). The van der Waals surface area contributed by atoms with Crippen LogP contribution in [0.1, 0.15) is 25.7 Å². The van der Waals surface area contributed by atoms with Gasteiger partial charge in [0.05, 0.1) is 9.37 Å². The standard InChI is InChI=1S/C12H15BrFNO2S/c1-15(9-4-2-3-5-9)18(16,17)10-6-7-11(13)12(14)8-10/h6-9H,2-5H2,1H3. The smallest absolute Gasteiger partial charge is 0.207 e. The van der Waals surface area contributed by atoms with E-state index < -0.39 is 15.8 Å². The fourth-order valence-corrected chi connectivity index (χ4v) is 3.94. The van der Waals surface area contributed by atoms with Crippen molar-refractivity contribution in [3.8, 4) is 0 Å². The van der Waals surface area contributed by atoms with Gasteiger partial charge in [-0.2, -0.15) is 4.31 Å². The van der Waals surface area contributed by atoms with Crippen LogP contribution < -0.4 is 0 Å². The van der Waals surface area contributed by atoms with Crippen molar-refractivity contribution in [2.24, 2.45) is 0 Å².